The summed E-state index contributed by atoms with van der Waals surface area (Å²) >= 11 is 0. The van der Waals surface area contributed by atoms with Gasteiger partial charge in [-0.15, -0.1) is 0 Å². The highest BCUT2D eigenvalue weighted by Crippen LogP contribution is 2.39. The average molecular weight is 232 g/mol. The van der Waals surface area contributed by atoms with Gasteiger partial charge in [0.15, 0.2) is 0 Å². The van der Waals surface area contributed by atoms with Gasteiger partial charge in [0.05, 0.1) is 18.1 Å². The Bertz CT molecular complexity index is 401. The maximum absolute atomic E-state index is 11.9. The Morgan fingerprint density at radius 2 is 2.06 bits per heavy atom. The second-order valence-corrected chi connectivity index (χ2v) is 4.82. The van der Waals surface area contributed by atoms with Gasteiger partial charge in [0, 0.05) is 0 Å². The molecule has 1 aromatic rings. The Kier molecular flexibility index (Phi) is 2.85. The molecule has 1 aliphatic heterocycles. The van der Waals surface area contributed by atoms with Gasteiger partial charge in [0.1, 0.15) is 6.61 Å². The highest BCUT2D eigenvalue weighted by molar-refractivity contribution is 5.72. The fraction of sp³-hybridized carbons (Fsp3) is 0.500. The molecule has 17 heavy (non-hydrogen) atoms. The number of epoxide rings is 1. The zero-order valence-electron chi connectivity index (χ0n) is 9.67. The van der Waals surface area contributed by atoms with Crippen molar-refractivity contribution in [1.82, 2.24) is 0 Å². The van der Waals surface area contributed by atoms with E-state index in [9.17, 15) is 4.79 Å². The highest BCUT2D eigenvalue weighted by Gasteiger charge is 2.46. The van der Waals surface area contributed by atoms with E-state index in [1.54, 1.807) is 0 Å². The summed E-state index contributed by atoms with van der Waals surface area (Å²) in [5.74, 6) is -0.0229. The van der Waals surface area contributed by atoms with Gasteiger partial charge < -0.3 is 9.47 Å². The molecular weight excluding hydrogens is 216 g/mol. The second kappa shape index (κ2) is 4.49. The van der Waals surface area contributed by atoms with Crippen LogP contribution in [-0.2, 0) is 20.9 Å². The SMILES string of the molecule is O=C(OCc1ccccc1)C1CC[C@@H]2OC2C1. The van der Waals surface area contributed by atoms with Crippen LogP contribution >= 0.6 is 0 Å². The van der Waals surface area contributed by atoms with E-state index in [2.05, 4.69) is 0 Å². The van der Waals surface area contributed by atoms with E-state index in [0.29, 0.717) is 18.8 Å². The standard InChI is InChI=1S/C14H16O3/c15-14(11-6-7-12-13(8-11)17-12)16-9-10-4-2-1-3-5-10/h1-5,11-13H,6-9H2/t11?,12-,13?/m0/s1. The molecule has 3 nitrogen and oxygen atoms in total. The van der Waals surface area contributed by atoms with Gasteiger partial charge in [0.25, 0.3) is 0 Å². The maximum atomic E-state index is 11.9. The van der Waals surface area contributed by atoms with E-state index in [0.717, 1.165) is 24.8 Å². The predicted octanol–water partition coefficient (Wildman–Crippen LogP) is 2.30. The van der Waals surface area contributed by atoms with Gasteiger partial charge in [-0.2, -0.15) is 0 Å². The molecule has 1 saturated carbocycles. The van der Waals surface area contributed by atoms with E-state index < -0.39 is 0 Å². The third-order valence-electron chi connectivity index (χ3n) is 3.56. The summed E-state index contributed by atoms with van der Waals surface area (Å²) in [5, 5.41) is 0. The molecule has 3 rings (SSSR count). The van der Waals surface area contributed by atoms with Crippen molar-refractivity contribution in [3.63, 3.8) is 0 Å². The summed E-state index contributed by atoms with van der Waals surface area (Å²) in [7, 11) is 0. The minimum absolute atomic E-state index is 0.0439. The number of esters is 1. The van der Waals surface area contributed by atoms with Crippen LogP contribution < -0.4 is 0 Å². The lowest BCUT2D eigenvalue weighted by atomic mass is 9.89. The van der Waals surface area contributed by atoms with Crippen molar-refractivity contribution in [3.8, 4) is 0 Å². The molecule has 0 aromatic heterocycles. The Morgan fingerprint density at radius 1 is 1.24 bits per heavy atom. The minimum atomic E-state index is -0.0668. The van der Waals surface area contributed by atoms with Gasteiger partial charge in [-0.05, 0) is 24.8 Å². The van der Waals surface area contributed by atoms with Crippen molar-refractivity contribution in [2.75, 3.05) is 0 Å². The molecule has 1 saturated heterocycles. The van der Waals surface area contributed by atoms with Crippen molar-refractivity contribution in [1.29, 1.82) is 0 Å². The molecule has 2 aliphatic rings. The summed E-state index contributed by atoms with van der Waals surface area (Å²) in [4.78, 5) is 11.9. The Labute approximate surface area is 101 Å². The molecule has 1 aliphatic carbocycles. The smallest absolute Gasteiger partial charge is 0.309 e. The van der Waals surface area contributed by atoms with Crippen molar-refractivity contribution >= 4 is 5.97 Å². The Morgan fingerprint density at radius 3 is 2.82 bits per heavy atom. The van der Waals surface area contributed by atoms with Crippen LogP contribution in [0, 0.1) is 5.92 Å². The number of benzene rings is 1. The Balaban J connectivity index is 1.50. The van der Waals surface area contributed by atoms with Crippen molar-refractivity contribution in [2.24, 2.45) is 5.92 Å². The molecule has 0 spiro atoms. The first-order valence-electron chi connectivity index (χ1n) is 6.19. The maximum Gasteiger partial charge on any atom is 0.309 e. The van der Waals surface area contributed by atoms with E-state index in [1.165, 1.54) is 0 Å². The van der Waals surface area contributed by atoms with Gasteiger partial charge in [-0.25, -0.2) is 0 Å². The molecule has 0 radical (unpaired) electrons. The molecule has 3 atom stereocenters. The fourth-order valence-electron chi connectivity index (χ4n) is 2.46. The summed E-state index contributed by atoms with van der Waals surface area (Å²) in [6.45, 7) is 0.380. The lowest BCUT2D eigenvalue weighted by molar-refractivity contribution is -0.150. The molecule has 1 heterocycles. The quantitative estimate of drug-likeness (QED) is 0.593. The molecule has 1 aromatic carbocycles. The minimum Gasteiger partial charge on any atom is -0.461 e. The van der Waals surface area contributed by atoms with Crippen LogP contribution in [0.3, 0.4) is 0 Å². The number of carbonyl (C=O) groups excluding carboxylic acids is 1. The highest BCUT2D eigenvalue weighted by atomic mass is 16.6. The van der Waals surface area contributed by atoms with Gasteiger partial charge in [-0.1, -0.05) is 30.3 Å². The summed E-state index contributed by atoms with van der Waals surface area (Å²) < 4.78 is 10.8. The van der Waals surface area contributed by atoms with Crippen LogP contribution in [0.5, 0.6) is 0 Å². The average Bonchev–Trinajstić information content (AvgIpc) is 3.15. The molecule has 0 N–H and O–H groups in total. The van der Waals surface area contributed by atoms with Crippen LogP contribution in [0.25, 0.3) is 0 Å². The molecular formula is C14H16O3. The number of rotatable bonds is 3. The number of hydrogen-bond donors (Lipinski definition) is 0. The first-order valence-corrected chi connectivity index (χ1v) is 6.19. The van der Waals surface area contributed by atoms with Crippen LogP contribution in [-0.4, -0.2) is 18.2 Å². The predicted molar refractivity (Wildman–Crippen MR) is 62.2 cm³/mol. The van der Waals surface area contributed by atoms with Crippen molar-refractivity contribution in [3.05, 3.63) is 35.9 Å². The summed E-state index contributed by atoms with van der Waals surface area (Å²) in [6.07, 6.45) is 3.54. The summed E-state index contributed by atoms with van der Waals surface area (Å²) in [5.41, 5.74) is 1.04. The Hall–Kier alpha value is -1.35. The van der Waals surface area contributed by atoms with Gasteiger partial charge in [-0.3, -0.25) is 4.79 Å². The third-order valence-corrected chi connectivity index (χ3v) is 3.56. The molecule has 2 fully saturated rings. The summed E-state index contributed by atoms with van der Waals surface area (Å²) in [6, 6.07) is 9.79. The van der Waals surface area contributed by atoms with E-state index in [4.69, 9.17) is 9.47 Å². The second-order valence-electron chi connectivity index (χ2n) is 4.82. The third kappa shape index (κ3) is 2.50. The molecule has 2 unspecified atom stereocenters. The number of hydrogen-bond acceptors (Lipinski definition) is 3. The zero-order valence-corrected chi connectivity index (χ0v) is 9.67. The molecule has 0 bridgehead atoms. The topological polar surface area (TPSA) is 38.8 Å². The molecule has 90 valence electrons. The normalized spacial score (nSPS) is 30.5. The van der Waals surface area contributed by atoms with Gasteiger partial charge in [0.2, 0.25) is 0 Å². The number of ether oxygens (including phenoxy) is 2. The van der Waals surface area contributed by atoms with Crippen molar-refractivity contribution in [2.45, 2.75) is 38.1 Å². The first-order chi connectivity index (χ1) is 8.33. The number of fused-ring (bicyclic) bond motifs is 1. The lowest BCUT2D eigenvalue weighted by Gasteiger charge is -2.17. The van der Waals surface area contributed by atoms with E-state index in [1.807, 2.05) is 30.3 Å². The van der Waals surface area contributed by atoms with Gasteiger partial charge >= 0.3 is 5.97 Å². The zero-order chi connectivity index (χ0) is 11.7. The fourth-order valence-corrected chi connectivity index (χ4v) is 2.46. The van der Waals surface area contributed by atoms with E-state index >= 15 is 0 Å². The van der Waals surface area contributed by atoms with Crippen molar-refractivity contribution < 1.29 is 14.3 Å². The number of carbonyl (C=O) groups is 1. The van der Waals surface area contributed by atoms with Crippen LogP contribution in [0.2, 0.25) is 0 Å². The molecule has 0 amide bonds. The molecule has 3 heteroatoms. The van der Waals surface area contributed by atoms with Crippen LogP contribution in [0.1, 0.15) is 24.8 Å². The lowest BCUT2D eigenvalue weighted by Crippen LogP contribution is -2.23. The first kappa shape index (κ1) is 10.8. The largest absolute Gasteiger partial charge is 0.461 e. The van der Waals surface area contributed by atoms with Crippen LogP contribution in [0.15, 0.2) is 30.3 Å². The van der Waals surface area contributed by atoms with E-state index in [-0.39, 0.29) is 11.9 Å². The van der Waals surface area contributed by atoms with Crippen LogP contribution in [0.4, 0.5) is 0 Å². The monoisotopic (exact) mass is 232 g/mol.